The van der Waals surface area contributed by atoms with Crippen LogP contribution in [0.15, 0.2) is 16.6 Å². The van der Waals surface area contributed by atoms with Crippen molar-refractivity contribution >= 4 is 44.8 Å². The van der Waals surface area contributed by atoms with E-state index in [0.29, 0.717) is 16.1 Å². The first-order valence-corrected chi connectivity index (χ1v) is 7.52. The van der Waals surface area contributed by atoms with Crippen molar-refractivity contribution in [2.45, 2.75) is 38.6 Å². The largest absolute Gasteiger partial charge is 0.380 e. The normalized spacial score (nSPS) is 24.7. The van der Waals surface area contributed by atoms with Crippen LogP contribution in [-0.2, 0) is 0 Å². The quantitative estimate of drug-likeness (QED) is 0.725. The van der Waals surface area contributed by atoms with Crippen molar-refractivity contribution in [3.05, 3.63) is 26.7 Å². The van der Waals surface area contributed by atoms with Gasteiger partial charge in [0.05, 0.1) is 15.7 Å². The summed E-state index contributed by atoms with van der Waals surface area (Å²) in [6.07, 6.45) is 5.01. The summed E-state index contributed by atoms with van der Waals surface area (Å²) in [6.45, 7) is 2.30. The summed E-state index contributed by atoms with van der Waals surface area (Å²) in [5.74, 6) is 0.786. The molecule has 0 aliphatic heterocycles. The summed E-state index contributed by atoms with van der Waals surface area (Å²) in [6, 6.07) is 4.25. The Morgan fingerprint density at radius 3 is 2.47 bits per heavy atom. The minimum atomic E-state index is 0.495. The summed E-state index contributed by atoms with van der Waals surface area (Å²) in [5.41, 5.74) is 0.871. The first kappa shape index (κ1) is 13.5. The molecule has 1 aliphatic carbocycles. The van der Waals surface area contributed by atoms with E-state index >= 15 is 0 Å². The summed E-state index contributed by atoms with van der Waals surface area (Å²) in [4.78, 5) is 0. The second-order valence-electron chi connectivity index (χ2n) is 4.86. The van der Waals surface area contributed by atoms with Crippen molar-refractivity contribution in [2.75, 3.05) is 5.32 Å². The monoisotopic (exact) mass is 335 g/mol. The van der Waals surface area contributed by atoms with Crippen molar-refractivity contribution < 1.29 is 0 Å². The molecule has 2 unspecified atom stereocenters. The Labute approximate surface area is 121 Å². The van der Waals surface area contributed by atoms with Crippen LogP contribution in [0.25, 0.3) is 0 Å². The van der Waals surface area contributed by atoms with Crippen LogP contribution in [-0.4, -0.2) is 6.04 Å². The van der Waals surface area contributed by atoms with Gasteiger partial charge < -0.3 is 5.32 Å². The smallest absolute Gasteiger partial charge is 0.0721 e. The van der Waals surface area contributed by atoms with Gasteiger partial charge in [0, 0.05) is 10.5 Å². The lowest BCUT2D eigenvalue weighted by Crippen LogP contribution is -2.26. The molecule has 1 N–H and O–H groups in total. The molecule has 1 fully saturated rings. The molecule has 17 heavy (non-hydrogen) atoms. The Hall–Kier alpha value is 0.0800. The molecule has 2 rings (SSSR count). The number of hydrogen-bond acceptors (Lipinski definition) is 1. The van der Waals surface area contributed by atoms with Gasteiger partial charge in [0.1, 0.15) is 0 Å². The Balaban J connectivity index is 2.12. The predicted molar refractivity (Wildman–Crippen MR) is 79.2 cm³/mol. The Morgan fingerprint density at radius 1 is 1.24 bits per heavy atom. The third kappa shape index (κ3) is 3.52. The number of halogens is 3. The first-order valence-electron chi connectivity index (χ1n) is 5.97. The molecule has 2 atom stereocenters. The van der Waals surface area contributed by atoms with E-state index in [2.05, 4.69) is 28.2 Å². The molecular formula is C13H16BrCl2N. The molecule has 94 valence electrons. The second-order valence-corrected chi connectivity index (χ2v) is 6.59. The van der Waals surface area contributed by atoms with Crippen molar-refractivity contribution in [1.29, 1.82) is 0 Å². The molecule has 0 saturated heterocycles. The van der Waals surface area contributed by atoms with Crippen LogP contribution in [0, 0.1) is 5.92 Å². The van der Waals surface area contributed by atoms with Crippen LogP contribution in [0.4, 0.5) is 5.69 Å². The topological polar surface area (TPSA) is 12.0 Å². The Morgan fingerprint density at radius 2 is 1.88 bits per heavy atom. The lowest BCUT2D eigenvalue weighted by Gasteiger charge is -2.29. The molecule has 0 spiro atoms. The van der Waals surface area contributed by atoms with Crippen LogP contribution < -0.4 is 5.32 Å². The maximum absolute atomic E-state index is 6.21. The lowest BCUT2D eigenvalue weighted by atomic mass is 9.87. The zero-order valence-corrected chi connectivity index (χ0v) is 12.9. The summed E-state index contributed by atoms with van der Waals surface area (Å²) >= 11 is 15.8. The van der Waals surface area contributed by atoms with Gasteiger partial charge >= 0.3 is 0 Å². The molecular weight excluding hydrogens is 321 g/mol. The number of nitrogens with one attached hydrogen (secondary N) is 1. The highest BCUT2D eigenvalue weighted by Crippen LogP contribution is 2.36. The average molecular weight is 337 g/mol. The van der Waals surface area contributed by atoms with Gasteiger partial charge in [0.2, 0.25) is 0 Å². The van der Waals surface area contributed by atoms with E-state index in [4.69, 9.17) is 23.2 Å². The van der Waals surface area contributed by atoms with Gasteiger partial charge in [-0.15, -0.1) is 0 Å². The second kappa shape index (κ2) is 5.81. The molecule has 1 aliphatic rings. The van der Waals surface area contributed by atoms with Crippen LogP contribution in [0.2, 0.25) is 10.0 Å². The van der Waals surface area contributed by atoms with E-state index in [1.54, 1.807) is 0 Å². The molecule has 0 bridgehead atoms. The third-order valence-electron chi connectivity index (χ3n) is 3.29. The fourth-order valence-corrected chi connectivity index (χ4v) is 3.77. The number of hydrogen-bond donors (Lipinski definition) is 1. The lowest BCUT2D eigenvalue weighted by molar-refractivity contribution is 0.358. The van der Waals surface area contributed by atoms with Crippen molar-refractivity contribution in [3.63, 3.8) is 0 Å². The molecule has 0 aromatic heterocycles. The standard InChI is InChI=1S/C13H16BrCl2N/c1-8-3-2-4-10(5-8)17-13-11(15)6-9(14)7-12(13)16/h6-8,10,17H,2-5H2,1H3. The van der Waals surface area contributed by atoms with Crippen LogP contribution in [0.1, 0.15) is 32.6 Å². The molecule has 4 heteroatoms. The summed E-state index contributed by atoms with van der Waals surface area (Å²) in [5, 5.41) is 4.86. The Kier molecular flexibility index (Phi) is 4.62. The number of benzene rings is 1. The van der Waals surface area contributed by atoms with Gasteiger partial charge in [0.15, 0.2) is 0 Å². The Bertz CT molecular complexity index is 385. The van der Waals surface area contributed by atoms with E-state index in [1.807, 2.05) is 12.1 Å². The molecule has 0 radical (unpaired) electrons. The SMILES string of the molecule is CC1CCCC(Nc2c(Cl)cc(Br)cc2Cl)C1. The predicted octanol–water partition coefficient (Wildman–Crippen LogP) is 5.75. The number of anilines is 1. The van der Waals surface area contributed by atoms with Crippen LogP contribution in [0.5, 0.6) is 0 Å². The van der Waals surface area contributed by atoms with Crippen LogP contribution in [0.3, 0.4) is 0 Å². The van der Waals surface area contributed by atoms with Gasteiger partial charge in [0.25, 0.3) is 0 Å². The molecule has 1 saturated carbocycles. The molecule has 1 aromatic carbocycles. The van der Waals surface area contributed by atoms with Gasteiger partial charge in [-0.05, 0) is 30.9 Å². The minimum Gasteiger partial charge on any atom is -0.380 e. The highest BCUT2D eigenvalue weighted by Gasteiger charge is 2.20. The summed E-state index contributed by atoms with van der Waals surface area (Å²) in [7, 11) is 0. The maximum Gasteiger partial charge on any atom is 0.0721 e. The molecule has 0 amide bonds. The van der Waals surface area contributed by atoms with Gasteiger partial charge in [-0.3, -0.25) is 0 Å². The fourth-order valence-electron chi connectivity index (χ4n) is 2.45. The molecule has 1 aromatic rings. The molecule has 0 heterocycles. The number of rotatable bonds is 2. The fraction of sp³-hybridized carbons (Fsp3) is 0.538. The zero-order chi connectivity index (χ0) is 12.4. The molecule has 1 nitrogen and oxygen atoms in total. The highest BCUT2D eigenvalue weighted by molar-refractivity contribution is 9.10. The van der Waals surface area contributed by atoms with E-state index < -0.39 is 0 Å². The average Bonchev–Trinajstić information content (AvgIpc) is 2.23. The van der Waals surface area contributed by atoms with Gasteiger partial charge in [-0.25, -0.2) is 0 Å². The van der Waals surface area contributed by atoms with Crippen LogP contribution >= 0.6 is 39.1 Å². The highest BCUT2D eigenvalue weighted by atomic mass is 79.9. The van der Waals surface area contributed by atoms with Gasteiger partial charge in [-0.1, -0.05) is 58.9 Å². The summed E-state index contributed by atoms with van der Waals surface area (Å²) < 4.78 is 0.912. The van der Waals surface area contributed by atoms with E-state index in [1.165, 1.54) is 25.7 Å². The van der Waals surface area contributed by atoms with E-state index in [9.17, 15) is 0 Å². The zero-order valence-electron chi connectivity index (χ0n) is 9.77. The first-order chi connectivity index (χ1) is 8.06. The van der Waals surface area contributed by atoms with Gasteiger partial charge in [-0.2, -0.15) is 0 Å². The minimum absolute atomic E-state index is 0.495. The maximum atomic E-state index is 6.21. The third-order valence-corrected chi connectivity index (χ3v) is 4.35. The van der Waals surface area contributed by atoms with E-state index in [0.717, 1.165) is 16.1 Å². The van der Waals surface area contributed by atoms with Crippen molar-refractivity contribution in [1.82, 2.24) is 0 Å². The van der Waals surface area contributed by atoms with Crippen molar-refractivity contribution in [2.24, 2.45) is 5.92 Å². The van der Waals surface area contributed by atoms with Crippen molar-refractivity contribution in [3.8, 4) is 0 Å². The van der Waals surface area contributed by atoms with E-state index in [-0.39, 0.29) is 0 Å².